The highest BCUT2D eigenvalue weighted by molar-refractivity contribution is 5.94. The Kier molecular flexibility index (Phi) is 3.28. The van der Waals surface area contributed by atoms with Crippen molar-refractivity contribution in [3.05, 3.63) is 46.7 Å². The van der Waals surface area contributed by atoms with Crippen molar-refractivity contribution in [3.8, 4) is 0 Å². The Morgan fingerprint density at radius 1 is 1.56 bits per heavy atom. The number of nitrogens with one attached hydrogen (secondary N) is 1. The first kappa shape index (κ1) is 11.7. The maximum Gasteiger partial charge on any atom is 0.271 e. The van der Waals surface area contributed by atoms with Crippen LogP contribution in [0.15, 0.2) is 34.3 Å². The molecule has 0 saturated heterocycles. The van der Waals surface area contributed by atoms with Gasteiger partial charge in [-0.2, -0.15) is 5.10 Å². The number of carbonyl (C=O) groups is 1. The third-order valence-corrected chi connectivity index (χ3v) is 2.15. The number of pyridine rings is 1. The number of amides is 1. The van der Waals surface area contributed by atoms with Crippen molar-refractivity contribution in [2.45, 2.75) is 6.92 Å². The molecule has 0 atom stereocenters. The number of hydrogen-bond donors (Lipinski definition) is 1. The second-order valence-electron chi connectivity index (χ2n) is 3.34. The van der Waals surface area contributed by atoms with Crippen LogP contribution in [0, 0.1) is 12.1 Å². The Morgan fingerprint density at radius 3 is 2.89 bits per heavy atom. The molecular weight excluding hydrogens is 238 g/mol. The maximum atomic E-state index is 11.6. The minimum absolute atomic E-state index is 0.250. The lowest BCUT2D eigenvalue weighted by Crippen LogP contribution is -2.26. The van der Waals surface area contributed by atoms with E-state index in [1.165, 1.54) is 25.5 Å². The van der Waals surface area contributed by atoms with Crippen molar-refractivity contribution in [2.75, 3.05) is 0 Å². The smallest absolute Gasteiger partial charge is 0.271 e. The van der Waals surface area contributed by atoms with Crippen LogP contribution in [0.4, 0.5) is 0 Å². The molecule has 18 heavy (non-hydrogen) atoms. The topological polar surface area (TPSA) is 107 Å². The van der Waals surface area contributed by atoms with Crippen molar-refractivity contribution < 1.29 is 14.3 Å². The predicted octanol–water partition coefficient (Wildman–Crippen LogP) is -0.225. The molecular formula is C10H9N5O3. The summed E-state index contributed by atoms with van der Waals surface area (Å²) < 4.78 is 4.34. The molecule has 0 aliphatic carbocycles. The van der Waals surface area contributed by atoms with Crippen molar-refractivity contribution in [2.24, 2.45) is 5.10 Å². The lowest BCUT2D eigenvalue weighted by atomic mass is 10.3. The van der Waals surface area contributed by atoms with E-state index in [1.807, 2.05) is 0 Å². The molecule has 0 bridgehead atoms. The zero-order chi connectivity index (χ0) is 13.0. The Labute approximate surface area is 101 Å². The predicted molar refractivity (Wildman–Crippen MR) is 59.5 cm³/mol. The molecule has 0 aromatic carbocycles. The van der Waals surface area contributed by atoms with Gasteiger partial charge in [0, 0.05) is 30.0 Å². The van der Waals surface area contributed by atoms with Gasteiger partial charge in [0.1, 0.15) is 6.21 Å². The largest absolute Gasteiger partial charge is 0.359 e. The minimum Gasteiger partial charge on any atom is -0.359 e. The number of carbonyl (C=O) groups excluding carboxylic acids is 1. The summed E-state index contributed by atoms with van der Waals surface area (Å²) in [4.78, 5) is 15.6. The molecule has 2 aromatic heterocycles. The van der Waals surface area contributed by atoms with Gasteiger partial charge in [-0.05, 0) is 17.0 Å². The molecule has 0 radical (unpaired) electrons. The number of nitrogens with zero attached hydrogens (tertiary/aromatic N) is 4. The summed E-state index contributed by atoms with van der Waals surface area (Å²) in [6.07, 6.45) is 4.23. The van der Waals surface area contributed by atoms with Crippen LogP contribution < -0.4 is 10.3 Å². The van der Waals surface area contributed by atoms with Crippen LogP contribution in [-0.2, 0) is 0 Å². The molecule has 0 unspecified atom stereocenters. The molecule has 1 amide bonds. The molecule has 8 nitrogen and oxygen atoms in total. The highest BCUT2D eigenvalue weighted by atomic mass is 16.8. The Hall–Kier alpha value is -2.77. The molecule has 0 aliphatic heterocycles. The number of rotatable bonds is 3. The first-order valence-corrected chi connectivity index (χ1v) is 4.98. The molecule has 2 heterocycles. The van der Waals surface area contributed by atoms with Gasteiger partial charge in [-0.1, -0.05) is 0 Å². The Bertz CT molecular complexity index is 578. The summed E-state index contributed by atoms with van der Waals surface area (Å²) in [7, 11) is 0. The normalized spacial score (nSPS) is 10.7. The van der Waals surface area contributed by atoms with Crippen LogP contribution in [0.1, 0.15) is 21.7 Å². The van der Waals surface area contributed by atoms with Gasteiger partial charge in [-0.15, -0.1) is 0 Å². The van der Waals surface area contributed by atoms with Crippen LogP contribution in [0.2, 0.25) is 0 Å². The average Bonchev–Trinajstić information content (AvgIpc) is 2.71. The van der Waals surface area contributed by atoms with Crippen molar-refractivity contribution in [3.63, 3.8) is 0 Å². The van der Waals surface area contributed by atoms with Gasteiger partial charge in [0.15, 0.2) is 0 Å². The van der Waals surface area contributed by atoms with Gasteiger partial charge in [0.2, 0.25) is 5.69 Å². The lowest BCUT2D eigenvalue weighted by Gasteiger charge is -1.96. The molecule has 2 rings (SSSR count). The fourth-order valence-corrected chi connectivity index (χ4v) is 1.14. The second-order valence-corrected chi connectivity index (χ2v) is 3.34. The van der Waals surface area contributed by atoms with Crippen molar-refractivity contribution >= 4 is 12.1 Å². The van der Waals surface area contributed by atoms with E-state index in [2.05, 4.69) is 25.3 Å². The van der Waals surface area contributed by atoms with Crippen molar-refractivity contribution in [1.29, 1.82) is 0 Å². The summed E-state index contributed by atoms with van der Waals surface area (Å²) >= 11 is 0. The van der Waals surface area contributed by atoms with E-state index in [9.17, 15) is 10.0 Å². The molecule has 0 spiro atoms. The molecule has 2 aromatic rings. The molecule has 0 fully saturated rings. The van der Waals surface area contributed by atoms with Gasteiger partial charge in [0.25, 0.3) is 11.6 Å². The molecule has 0 saturated carbocycles. The minimum atomic E-state index is -0.384. The lowest BCUT2D eigenvalue weighted by molar-refractivity contribution is -0.806. The first-order valence-electron chi connectivity index (χ1n) is 4.98. The molecule has 8 heteroatoms. The summed E-state index contributed by atoms with van der Waals surface area (Å²) in [5.41, 5.74) is 3.23. The van der Waals surface area contributed by atoms with Crippen LogP contribution in [0.25, 0.3) is 0 Å². The fourth-order valence-electron chi connectivity index (χ4n) is 1.14. The van der Waals surface area contributed by atoms with E-state index >= 15 is 0 Å². The van der Waals surface area contributed by atoms with Gasteiger partial charge in [0.05, 0.1) is 0 Å². The summed E-state index contributed by atoms with van der Waals surface area (Å²) in [5, 5.41) is 18.0. The zero-order valence-electron chi connectivity index (χ0n) is 9.40. The number of hydrazone groups is 1. The van der Waals surface area contributed by atoms with Crippen molar-refractivity contribution in [1.82, 2.24) is 15.6 Å². The van der Waals surface area contributed by atoms with E-state index in [0.29, 0.717) is 5.56 Å². The van der Waals surface area contributed by atoms with E-state index in [4.69, 9.17) is 0 Å². The highest BCUT2D eigenvalue weighted by Gasteiger charge is 2.11. The Morgan fingerprint density at radius 2 is 2.28 bits per heavy atom. The first-order chi connectivity index (χ1) is 8.68. The van der Waals surface area contributed by atoms with Crippen LogP contribution in [-0.4, -0.2) is 22.3 Å². The molecule has 1 N–H and O–H groups in total. The van der Waals surface area contributed by atoms with E-state index in [0.717, 1.165) is 0 Å². The monoisotopic (exact) mass is 247 g/mol. The number of hydrogen-bond acceptors (Lipinski definition) is 6. The highest BCUT2D eigenvalue weighted by Crippen LogP contribution is 1.96. The average molecular weight is 247 g/mol. The summed E-state index contributed by atoms with van der Waals surface area (Å²) in [6.45, 7) is 1.52. The summed E-state index contributed by atoms with van der Waals surface area (Å²) in [6, 6.07) is 3.11. The van der Waals surface area contributed by atoms with E-state index < -0.39 is 0 Å². The van der Waals surface area contributed by atoms with Gasteiger partial charge < -0.3 is 5.21 Å². The maximum absolute atomic E-state index is 11.6. The fraction of sp³-hybridized carbons (Fsp3) is 0.100. The van der Waals surface area contributed by atoms with Crippen LogP contribution in [0.3, 0.4) is 0 Å². The number of aromatic nitrogens is 3. The van der Waals surface area contributed by atoms with E-state index in [1.54, 1.807) is 12.1 Å². The molecule has 0 aliphatic rings. The third-order valence-electron chi connectivity index (χ3n) is 2.15. The standard InChI is InChI=1S/C10H9N5O3/c1-7-9(14-18-15(7)17)6-12-13-10(16)8-2-4-11-5-3-8/h2-6H,1H3,(H,13,16)/b12-6+. The SMILES string of the molecule is Cc1c(/C=N/NC(=O)c2ccncc2)no[n+]1[O-]. The van der Waals surface area contributed by atoms with Gasteiger partial charge in [-0.3, -0.25) is 14.4 Å². The van der Waals surface area contributed by atoms with Crippen LogP contribution >= 0.6 is 0 Å². The van der Waals surface area contributed by atoms with Crippen LogP contribution in [0.5, 0.6) is 0 Å². The Balaban J connectivity index is 2.00. The zero-order valence-corrected chi connectivity index (χ0v) is 9.40. The quantitative estimate of drug-likeness (QED) is 0.458. The van der Waals surface area contributed by atoms with E-state index in [-0.39, 0.29) is 22.2 Å². The second kappa shape index (κ2) is 5.04. The third kappa shape index (κ3) is 2.48. The summed E-state index contributed by atoms with van der Waals surface area (Å²) in [5.74, 6) is -0.384. The van der Waals surface area contributed by atoms with Gasteiger partial charge in [-0.25, -0.2) is 5.43 Å². The molecule has 92 valence electrons. The van der Waals surface area contributed by atoms with Gasteiger partial charge >= 0.3 is 0 Å².